The van der Waals surface area contributed by atoms with Crippen LogP contribution in [0.5, 0.6) is 0 Å². The zero-order valence-electron chi connectivity index (χ0n) is 13.3. The second-order valence-corrected chi connectivity index (χ2v) is 5.43. The molecule has 3 nitrogen and oxygen atoms in total. The summed E-state index contributed by atoms with van der Waals surface area (Å²) in [7, 11) is 4.37. The minimum atomic E-state index is 0.129. The molecule has 0 amide bonds. The molecule has 3 heteroatoms. The molecule has 1 N–H and O–H groups in total. The van der Waals surface area contributed by atoms with Crippen molar-refractivity contribution >= 4 is 0 Å². The van der Waals surface area contributed by atoms with Crippen LogP contribution in [0.3, 0.4) is 0 Å². The van der Waals surface area contributed by atoms with Crippen molar-refractivity contribution in [2.45, 2.75) is 52.1 Å². The molecule has 0 aliphatic heterocycles. The Balaban J connectivity index is 3.29. The van der Waals surface area contributed by atoms with Crippen molar-refractivity contribution in [3.8, 4) is 0 Å². The van der Waals surface area contributed by atoms with Gasteiger partial charge >= 0.3 is 0 Å². The minimum Gasteiger partial charge on any atom is -0.309 e. The number of nitrogens with zero attached hydrogens (tertiary/aromatic N) is 2. The smallest absolute Gasteiger partial charge is 0.0524 e. The lowest BCUT2D eigenvalue weighted by molar-refractivity contribution is 0.0884. The van der Waals surface area contributed by atoms with Crippen LogP contribution in [0, 0.1) is 6.92 Å². The van der Waals surface area contributed by atoms with E-state index in [1.807, 2.05) is 12.4 Å². The van der Waals surface area contributed by atoms with Crippen LogP contribution in [0.25, 0.3) is 0 Å². The zero-order valence-corrected chi connectivity index (χ0v) is 13.3. The Morgan fingerprint density at radius 2 is 1.89 bits per heavy atom. The molecule has 0 aliphatic rings. The first kappa shape index (κ1) is 16.1. The summed E-state index contributed by atoms with van der Waals surface area (Å²) in [5.41, 5.74) is 2.76. The van der Waals surface area contributed by atoms with Crippen LogP contribution in [0.4, 0.5) is 0 Å². The summed E-state index contributed by atoms with van der Waals surface area (Å²) in [4.78, 5) is 6.70. The molecule has 0 bridgehead atoms. The minimum absolute atomic E-state index is 0.129. The van der Waals surface area contributed by atoms with Gasteiger partial charge < -0.3 is 10.2 Å². The van der Waals surface area contributed by atoms with E-state index in [1.165, 1.54) is 11.1 Å². The lowest BCUT2D eigenvalue weighted by Gasteiger charge is -2.46. The maximum absolute atomic E-state index is 4.33. The molecule has 1 rings (SSSR count). The summed E-state index contributed by atoms with van der Waals surface area (Å²) in [5.74, 6) is 0. The lowest BCUT2D eigenvalue weighted by atomic mass is 9.79. The highest BCUT2D eigenvalue weighted by molar-refractivity contribution is 5.28. The number of likely N-dealkylation sites (N-methyl/N-ethyl adjacent to an activating group) is 2. The lowest BCUT2D eigenvalue weighted by Crippen LogP contribution is -2.53. The number of hydrogen-bond donors (Lipinski definition) is 1. The molecular formula is C16H29N3. The van der Waals surface area contributed by atoms with Crippen LogP contribution in [0.2, 0.25) is 0 Å². The highest BCUT2D eigenvalue weighted by Crippen LogP contribution is 2.36. The number of aryl methyl sites for hydroxylation is 1. The number of aromatic nitrogens is 1. The predicted octanol–water partition coefficient (Wildman–Crippen LogP) is 3.16. The van der Waals surface area contributed by atoms with E-state index in [4.69, 9.17) is 0 Å². The van der Waals surface area contributed by atoms with Gasteiger partial charge in [-0.1, -0.05) is 20.8 Å². The maximum Gasteiger partial charge on any atom is 0.0524 e. The molecule has 1 atom stereocenters. The van der Waals surface area contributed by atoms with Gasteiger partial charge in [0.25, 0.3) is 0 Å². The van der Waals surface area contributed by atoms with Gasteiger partial charge in [-0.2, -0.15) is 0 Å². The third-order valence-corrected chi connectivity index (χ3v) is 4.45. The van der Waals surface area contributed by atoms with E-state index >= 15 is 0 Å². The molecule has 0 aliphatic carbocycles. The zero-order chi connectivity index (χ0) is 14.5. The second-order valence-electron chi connectivity index (χ2n) is 5.43. The number of nitrogens with one attached hydrogen (secondary N) is 1. The Morgan fingerprint density at radius 1 is 1.26 bits per heavy atom. The van der Waals surface area contributed by atoms with Crippen molar-refractivity contribution in [3.63, 3.8) is 0 Å². The van der Waals surface area contributed by atoms with Gasteiger partial charge in [0.2, 0.25) is 0 Å². The van der Waals surface area contributed by atoms with Gasteiger partial charge in [0.1, 0.15) is 0 Å². The number of rotatable bonds is 7. The SMILES string of the molecule is CCNC(c1cnccc1C)C(CC)(CC)N(C)C. The number of pyridine rings is 1. The Kier molecular flexibility index (Phi) is 5.95. The maximum atomic E-state index is 4.33. The first-order chi connectivity index (χ1) is 9.03. The molecule has 1 aromatic rings. The summed E-state index contributed by atoms with van der Waals surface area (Å²) < 4.78 is 0. The predicted molar refractivity (Wildman–Crippen MR) is 82.4 cm³/mol. The van der Waals surface area contributed by atoms with Crippen LogP contribution in [-0.4, -0.2) is 36.1 Å². The molecule has 0 saturated heterocycles. The molecule has 0 spiro atoms. The highest BCUT2D eigenvalue weighted by atomic mass is 15.2. The van der Waals surface area contributed by atoms with Gasteiger partial charge in [-0.15, -0.1) is 0 Å². The summed E-state index contributed by atoms with van der Waals surface area (Å²) in [6, 6.07) is 2.42. The summed E-state index contributed by atoms with van der Waals surface area (Å²) >= 11 is 0. The average Bonchev–Trinajstić information content (AvgIpc) is 2.40. The molecular weight excluding hydrogens is 234 g/mol. The van der Waals surface area contributed by atoms with Crippen molar-refractivity contribution in [2.24, 2.45) is 0 Å². The van der Waals surface area contributed by atoms with E-state index in [0.29, 0.717) is 6.04 Å². The molecule has 19 heavy (non-hydrogen) atoms. The van der Waals surface area contributed by atoms with E-state index in [-0.39, 0.29) is 5.54 Å². The normalized spacial score (nSPS) is 13.8. The Labute approximate surface area is 118 Å². The summed E-state index contributed by atoms with van der Waals surface area (Å²) in [6.45, 7) is 9.87. The fourth-order valence-corrected chi connectivity index (χ4v) is 3.12. The summed E-state index contributed by atoms with van der Waals surface area (Å²) in [5, 5.41) is 3.68. The van der Waals surface area contributed by atoms with E-state index in [1.54, 1.807) is 0 Å². The first-order valence-electron chi connectivity index (χ1n) is 7.34. The molecule has 108 valence electrons. The van der Waals surface area contributed by atoms with E-state index in [9.17, 15) is 0 Å². The van der Waals surface area contributed by atoms with E-state index < -0.39 is 0 Å². The second kappa shape index (κ2) is 7.01. The Hall–Kier alpha value is -0.930. The molecule has 0 aromatic carbocycles. The molecule has 1 heterocycles. The molecule has 0 radical (unpaired) electrons. The van der Waals surface area contributed by atoms with Gasteiger partial charge in [-0.3, -0.25) is 4.98 Å². The Bertz CT molecular complexity index is 383. The van der Waals surface area contributed by atoms with Crippen molar-refractivity contribution in [1.82, 2.24) is 15.2 Å². The van der Waals surface area contributed by atoms with Crippen LogP contribution in [0.1, 0.15) is 50.8 Å². The molecule has 1 aromatic heterocycles. The first-order valence-corrected chi connectivity index (χ1v) is 7.34. The number of hydrogen-bond acceptors (Lipinski definition) is 3. The van der Waals surface area contributed by atoms with E-state index in [2.05, 4.69) is 63.1 Å². The molecule has 0 fully saturated rings. The average molecular weight is 263 g/mol. The van der Waals surface area contributed by atoms with E-state index in [0.717, 1.165) is 19.4 Å². The summed E-state index contributed by atoms with van der Waals surface area (Å²) in [6.07, 6.45) is 6.12. The Morgan fingerprint density at radius 3 is 2.32 bits per heavy atom. The molecule has 0 saturated carbocycles. The monoisotopic (exact) mass is 263 g/mol. The quantitative estimate of drug-likeness (QED) is 0.819. The van der Waals surface area contributed by atoms with Gasteiger partial charge in [0.05, 0.1) is 6.04 Å². The van der Waals surface area contributed by atoms with Crippen molar-refractivity contribution in [1.29, 1.82) is 0 Å². The van der Waals surface area contributed by atoms with Crippen LogP contribution < -0.4 is 5.32 Å². The van der Waals surface area contributed by atoms with Crippen molar-refractivity contribution in [3.05, 3.63) is 29.6 Å². The fourth-order valence-electron chi connectivity index (χ4n) is 3.12. The van der Waals surface area contributed by atoms with Gasteiger partial charge in [-0.05, 0) is 57.6 Å². The van der Waals surface area contributed by atoms with Gasteiger partial charge in [0, 0.05) is 17.9 Å². The highest BCUT2D eigenvalue weighted by Gasteiger charge is 2.38. The van der Waals surface area contributed by atoms with Crippen LogP contribution >= 0.6 is 0 Å². The van der Waals surface area contributed by atoms with Crippen molar-refractivity contribution in [2.75, 3.05) is 20.6 Å². The van der Waals surface area contributed by atoms with Crippen molar-refractivity contribution < 1.29 is 0 Å². The molecule has 1 unspecified atom stereocenters. The van der Waals surface area contributed by atoms with Gasteiger partial charge in [-0.25, -0.2) is 0 Å². The third-order valence-electron chi connectivity index (χ3n) is 4.45. The fraction of sp³-hybridized carbons (Fsp3) is 0.688. The van der Waals surface area contributed by atoms with Crippen LogP contribution in [-0.2, 0) is 0 Å². The third kappa shape index (κ3) is 3.15. The topological polar surface area (TPSA) is 28.2 Å². The van der Waals surface area contributed by atoms with Crippen LogP contribution in [0.15, 0.2) is 18.5 Å². The van der Waals surface area contributed by atoms with Gasteiger partial charge in [0.15, 0.2) is 0 Å². The largest absolute Gasteiger partial charge is 0.309 e. The standard InChI is InChI=1S/C16H29N3/c1-7-16(8-2,19(5)6)15(18-9-3)14-12-17-11-10-13(14)4/h10-12,15,18H,7-9H2,1-6H3.